The maximum atomic E-state index is 5.80. The van der Waals surface area contributed by atoms with Gasteiger partial charge in [-0.05, 0) is 25.3 Å². The number of nitrogen functional groups attached to an aromatic ring is 1. The summed E-state index contributed by atoms with van der Waals surface area (Å²) < 4.78 is 10.7. The Balaban J connectivity index is 2.17. The maximum Gasteiger partial charge on any atom is 0.236 e. The molecular weight excluding hydrogens is 192 g/mol. The fourth-order valence-electron chi connectivity index (χ4n) is 1.84. The second-order valence-electron chi connectivity index (χ2n) is 3.72. The Hall–Kier alpha value is -1.29. The van der Waals surface area contributed by atoms with Gasteiger partial charge in [0, 0.05) is 18.4 Å². The molecule has 0 amide bonds. The van der Waals surface area contributed by atoms with E-state index in [1.54, 1.807) is 13.3 Å². The Kier molecular flexibility index (Phi) is 3.06. The first-order valence-electron chi connectivity index (χ1n) is 5.22. The van der Waals surface area contributed by atoms with Crippen molar-refractivity contribution in [3.05, 3.63) is 17.8 Å². The number of methoxy groups -OCH3 is 1. The summed E-state index contributed by atoms with van der Waals surface area (Å²) in [5.41, 5.74) is 7.42. The molecule has 15 heavy (non-hydrogen) atoms. The van der Waals surface area contributed by atoms with Crippen molar-refractivity contribution in [1.82, 2.24) is 4.98 Å². The zero-order valence-corrected chi connectivity index (χ0v) is 8.90. The summed E-state index contributed by atoms with van der Waals surface area (Å²) in [4.78, 5) is 4.14. The topological polar surface area (TPSA) is 57.4 Å². The average Bonchev–Trinajstić information content (AvgIpc) is 2.30. The Morgan fingerprint density at radius 2 is 2.40 bits per heavy atom. The maximum absolute atomic E-state index is 5.80. The van der Waals surface area contributed by atoms with Gasteiger partial charge in [-0.3, -0.25) is 0 Å². The van der Waals surface area contributed by atoms with E-state index in [1.165, 1.54) is 6.42 Å². The summed E-state index contributed by atoms with van der Waals surface area (Å²) in [5, 5.41) is 0. The Morgan fingerprint density at radius 1 is 1.53 bits per heavy atom. The van der Waals surface area contributed by atoms with Crippen LogP contribution in [0.3, 0.4) is 0 Å². The van der Waals surface area contributed by atoms with Gasteiger partial charge in [-0.1, -0.05) is 0 Å². The molecule has 1 fully saturated rings. The lowest BCUT2D eigenvalue weighted by atomic mass is 10.0. The van der Waals surface area contributed by atoms with Gasteiger partial charge in [0.25, 0.3) is 0 Å². The van der Waals surface area contributed by atoms with Crippen LogP contribution >= 0.6 is 0 Å². The monoisotopic (exact) mass is 208 g/mol. The van der Waals surface area contributed by atoms with Gasteiger partial charge in [-0.15, -0.1) is 0 Å². The van der Waals surface area contributed by atoms with Gasteiger partial charge in [-0.2, -0.15) is 0 Å². The van der Waals surface area contributed by atoms with Gasteiger partial charge in [0.15, 0.2) is 0 Å². The van der Waals surface area contributed by atoms with Crippen LogP contribution < -0.4 is 10.5 Å². The normalized spacial score (nSPS) is 21.3. The van der Waals surface area contributed by atoms with E-state index < -0.39 is 0 Å². The molecule has 82 valence electrons. The average molecular weight is 208 g/mol. The highest BCUT2D eigenvalue weighted by Crippen LogP contribution is 2.30. The highest BCUT2D eigenvalue weighted by atomic mass is 16.5. The van der Waals surface area contributed by atoms with Crippen LogP contribution in [-0.2, 0) is 4.74 Å². The molecule has 1 unspecified atom stereocenters. The SMILES string of the molecule is COc1ncc(C2CCCCO2)cc1N. The zero-order valence-electron chi connectivity index (χ0n) is 8.90. The molecule has 0 aromatic carbocycles. The molecule has 1 atom stereocenters. The van der Waals surface area contributed by atoms with Gasteiger partial charge in [-0.25, -0.2) is 4.98 Å². The molecule has 4 heteroatoms. The molecule has 1 aromatic rings. The predicted molar refractivity (Wildman–Crippen MR) is 57.7 cm³/mol. The van der Waals surface area contributed by atoms with Crippen LogP contribution in [0.1, 0.15) is 30.9 Å². The predicted octanol–water partition coefficient (Wildman–Crippen LogP) is 1.91. The van der Waals surface area contributed by atoms with Crippen LogP contribution in [0.2, 0.25) is 0 Å². The summed E-state index contributed by atoms with van der Waals surface area (Å²) in [6.45, 7) is 0.830. The van der Waals surface area contributed by atoms with Gasteiger partial charge in [0.2, 0.25) is 5.88 Å². The van der Waals surface area contributed by atoms with Crippen molar-refractivity contribution in [2.75, 3.05) is 19.5 Å². The molecule has 0 bridgehead atoms. The molecule has 1 aliphatic heterocycles. The molecule has 1 aliphatic rings. The van der Waals surface area contributed by atoms with E-state index in [0.717, 1.165) is 25.0 Å². The van der Waals surface area contributed by atoms with E-state index in [4.69, 9.17) is 15.2 Å². The first-order valence-corrected chi connectivity index (χ1v) is 5.22. The highest BCUT2D eigenvalue weighted by molar-refractivity contribution is 5.49. The highest BCUT2D eigenvalue weighted by Gasteiger charge is 2.17. The number of nitrogens with zero attached hydrogens (tertiary/aromatic N) is 1. The summed E-state index contributed by atoms with van der Waals surface area (Å²) in [5.74, 6) is 0.481. The minimum atomic E-state index is 0.152. The fraction of sp³-hybridized carbons (Fsp3) is 0.545. The summed E-state index contributed by atoms with van der Waals surface area (Å²) in [6, 6.07) is 1.89. The Labute approximate surface area is 89.4 Å². The van der Waals surface area contributed by atoms with Crippen molar-refractivity contribution in [3.8, 4) is 5.88 Å². The number of anilines is 1. The van der Waals surface area contributed by atoms with Gasteiger partial charge >= 0.3 is 0 Å². The Morgan fingerprint density at radius 3 is 3.00 bits per heavy atom. The molecule has 0 radical (unpaired) electrons. The van der Waals surface area contributed by atoms with Crippen LogP contribution in [0, 0.1) is 0 Å². The van der Waals surface area contributed by atoms with Crippen LogP contribution in [0.25, 0.3) is 0 Å². The third-order valence-electron chi connectivity index (χ3n) is 2.64. The number of aromatic nitrogens is 1. The summed E-state index contributed by atoms with van der Waals surface area (Å²) in [6.07, 6.45) is 5.34. The second-order valence-corrected chi connectivity index (χ2v) is 3.72. The van der Waals surface area contributed by atoms with Crippen LogP contribution in [0.5, 0.6) is 5.88 Å². The lowest BCUT2D eigenvalue weighted by Gasteiger charge is -2.22. The van der Waals surface area contributed by atoms with Gasteiger partial charge < -0.3 is 15.2 Å². The molecule has 2 heterocycles. The fourth-order valence-corrected chi connectivity index (χ4v) is 1.84. The number of hydrogen-bond acceptors (Lipinski definition) is 4. The van der Waals surface area contributed by atoms with Crippen LogP contribution in [0.15, 0.2) is 12.3 Å². The molecule has 1 aromatic heterocycles. The van der Waals surface area contributed by atoms with E-state index in [1.807, 2.05) is 6.07 Å². The zero-order chi connectivity index (χ0) is 10.7. The summed E-state index contributed by atoms with van der Waals surface area (Å²) in [7, 11) is 1.56. The van der Waals surface area contributed by atoms with E-state index in [0.29, 0.717) is 11.6 Å². The van der Waals surface area contributed by atoms with Gasteiger partial charge in [0.1, 0.15) is 0 Å². The van der Waals surface area contributed by atoms with Crippen molar-refractivity contribution >= 4 is 5.69 Å². The van der Waals surface area contributed by atoms with E-state index in [-0.39, 0.29) is 6.10 Å². The van der Waals surface area contributed by atoms with Crippen LogP contribution in [0.4, 0.5) is 5.69 Å². The molecule has 0 spiro atoms. The number of rotatable bonds is 2. The van der Waals surface area contributed by atoms with Crippen molar-refractivity contribution in [2.24, 2.45) is 0 Å². The van der Waals surface area contributed by atoms with Crippen molar-refractivity contribution in [2.45, 2.75) is 25.4 Å². The minimum Gasteiger partial charge on any atom is -0.480 e. The van der Waals surface area contributed by atoms with Crippen molar-refractivity contribution in [3.63, 3.8) is 0 Å². The molecule has 2 rings (SSSR count). The van der Waals surface area contributed by atoms with Gasteiger partial charge in [0.05, 0.1) is 18.9 Å². The van der Waals surface area contributed by atoms with E-state index in [2.05, 4.69) is 4.98 Å². The van der Waals surface area contributed by atoms with Crippen molar-refractivity contribution in [1.29, 1.82) is 0 Å². The standard InChI is InChI=1S/C11H16N2O2/c1-14-11-9(12)6-8(7-13-11)10-4-2-3-5-15-10/h6-7,10H,2-5,12H2,1H3. The molecule has 0 aliphatic carbocycles. The molecule has 2 N–H and O–H groups in total. The summed E-state index contributed by atoms with van der Waals surface area (Å²) >= 11 is 0. The van der Waals surface area contributed by atoms with E-state index in [9.17, 15) is 0 Å². The van der Waals surface area contributed by atoms with Crippen LogP contribution in [-0.4, -0.2) is 18.7 Å². The third-order valence-corrected chi connectivity index (χ3v) is 2.64. The third kappa shape index (κ3) is 2.21. The molecular formula is C11H16N2O2. The molecule has 4 nitrogen and oxygen atoms in total. The molecule has 1 saturated heterocycles. The number of ether oxygens (including phenoxy) is 2. The number of hydrogen-bond donors (Lipinski definition) is 1. The molecule has 0 saturated carbocycles. The lowest BCUT2D eigenvalue weighted by Crippen LogP contribution is -2.12. The second kappa shape index (κ2) is 4.49. The lowest BCUT2D eigenvalue weighted by molar-refractivity contribution is 0.0147. The Bertz CT molecular complexity index is 335. The first-order chi connectivity index (χ1) is 7.31. The smallest absolute Gasteiger partial charge is 0.236 e. The van der Waals surface area contributed by atoms with E-state index >= 15 is 0 Å². The van der Waals surface area contributed by atoms with Crippen molar-refractivity contribution < 1.29 is 9.47 Å². The first kappa shape index (κ1) is 10.2. The quantitative estimate of drug-likeness (QED) is 0.806. The minimum absolute atomic E-state index is 0.152. The largest absolute Gasteiger partial charge is 0.480 e. The number of nitrogens with two attached hydrogens (primary N) is 1. The number of pyridine rings is 1.